The Labute approximate surface area is 144 Å². The van der Waals surface area contributed by atoms with Crippen molar-refractivity contribution < 1.29 is 0 Å². The van der Waals surface area contributed by atoms with Crippen LogP contribution in [-0.4, -0.2) is 14.1 Å². The van der Waals surface area contributed by atoms with Gasteiger partial charge in [-0.15, -0.1) is 0 Å². The topological polar surface area (TPSA) is 15.3 Å². The molecule has 2 aromatic rings. The lowest BCUT2D eigenvalue weighted by Gasteiger charge is -2.23. The number of rotatable bonds is 4. The summed E-state index contributed by atoms with van der Waals surface area (Å²) in [6.07, 6.45) is 0. The summed E-state index contributed by atoms with van der Waals surface area (Å²) in [5.41, 5.74) is 3.13. The fourth-order valence-electron chi connectivity index (χ4n) is 2.18. The van der Waals surface area contributed by atoms with Crippen molar-refractivity contribution in [3.8, 4) is 0 Å². The molecular weight excluding hydrogens is 371 g/mol. The van der Waals surface area contributed by atoms with Gasteiger partial charge in [0.2, 0.25) is 0 Å². The Morgan fingerprint density at radius 2 is 1.86 bits per heavy atom. The standard InChI is InChI=1S/C16H17BrCl2N2/c1-10(12-5-4-6-13(18)16(12)19)20-14-9-11(17)7-8-15(14)21(2)3/h4-10,20H,1-3H3. The summed E-state index contributed by atoms with van der Waals surface area (Å²) >= 11 is 15.9. The second-order valence-corrected chi connectivity index (χ2v) is 6.77. The van der Waals surface area contributed by atoms with Gasteiger partial charge in [-0.3, -0.25) is 0 Å². The van der Waals surface area contributed by atoms with Crippen molar-refractivity contribution in [2.45, 2.75) is 13.0 Å². The highest BCUT2D eigenvalue weighted by atomic mass is 79.9. The Morgan fingerprint density at radius 1 is 1.14 bits per heavy atom. The maximum Gasteiger partial charge on any atom is 0.0644 e. The van der Waals surface area contributed by atoms with E-state index in [0.717, 1.165) is 21.4 Å². The van der Waals surface area contributed by atoms with E-state index >= 15 is 0 Å². The minimum atomic E-state index is 0.0456. The molecule has 1 unspecified atom stereocenters. The molecule has 0 aliphatic heterocycles. The molecule has 0 radical (unpaired) electrons. The van der Waals surface area contributed by atoms with Crippen molar-refractivity contribution in [3.63, 3.8) is 0 Å². The highest BCUT2D eigenvalue weighted by Gasteiger charge is 2.14. The van der Waals surface area contributed by atoms with Gasteiger partial charge >= 0.3 is 0 Å². The summed E-state index contributed by atoms with van der Waals surface area (Å²) in [6, 6.07) is 11.9. The Kier molecular flexibility index (Phi) is 5.42. The van der Waals surface area contributed by atoms with Gasteiger partial charge < -0.3 is 10.2 Å². The number of anilines is 2. The lowest BCUT2D eigenvalue weighted by atomic mass is 10.1. The van der Waals surface area contributed by atoms with Crippen molar-refractivity contribution >= 4 is 50.5 Å². The van der Waals surface area contributed by atoms with E-state index in [1.165, 1.54) is 0 Å². The molecule has 1 N–H and O–H groups in total. The van der Waals surface area contributed by atoms with Crippen molar-refractivity contribution in [1.29, 1.82) is 0 Å². The van der Waals surface area contributed by atoms with Crippen LogP contribution in [0.4, 0.5) is 11.4 Å². The molecule has 1 atom stereocenters. The molecule has 0 saturated heterocycles. The Hall–Kier alpha value is -0.900. The maximum absolute atomic E-state index is 6.30. The third kappa shape index (κ3) is 3.85. The molecule has 2 aromatic carbocycles. The van der Waals surface area contributed by atoms with Crippen LogP contribution >= 0.6 is 39.1 Å². The predicted octanol–water partition coefficient (Wildman–Crippen LogP) is 6.00. The smallest absolute Gasteiger partial charge is 0.0644 e. The normalized spacial score (nSPS) is 12.1. The van der Waals surface area contributed by atoms with Crippen LogP contribution < -0.4 is 10.2 Å². The van der Waals surface area contributed by atoms with E-state index in [0.29, 0.717) is 10.0 Å². The van der Waals surface area contributed by atoms with Gasteiger partial charge in [-0.05, 0) is 36.8 Å². The van der Waals surface area contributed by atoms with Gasteiger partial charge in [-0.25, -0.2) is 0 Å². The average Bonchev–Trinajstić information content (AvgIpc) is 2.41. The molecule has 0 heterocycles. The third-order valence-corrected chi connectivity index (χ3v) is 4.59. The number of benzene rings is 2. The van der Waals surface area contributed by atoms with Crippen LogP contribution in [0.5, 0.6) is 0 Å². The van der Waals surface area contributed by atoms with Gasteiger partial charge in [0.05, 0.1) is 27.5 Å². The zero-order valence-corrected chi connectivity index (χ0v) is 15.2. The molecule has 5 heteroatoms. The molecule has 0 aliphatic carbocycles. The van der Waals surface area contributed by atoms with Crippen LogP contribution in [0.25, 0.3) is 0 Å². The molecule has 2 nitrogen and oxygen atoms in total. The van der Waals surface area contributed by atoms with Crippen LogP contribution in [0.3, 0.4) is 0 Å². The fraction of sp³-hybridized carbons (Fsp3) is 0.250. The summed E-state index contributed by atoms with van der Waals surface area (Å²) in [5, 5.41) is 4.67. The predicted molar refractivity (Wildman–Crippen MR) is 97.0 cm³/mol. The summed E-state index contributed by atoms with van der Waals surface area (Å²) in [4.78, 5) is 2.07. The number of nitrogens with zero attached hydrogens (tertiary/aromatic N) is 1. The summed E-state index contributed by atoms with van der Waals surface area (Å²) in [6.45, 7) is 2.07. The van der Waals surface area contributed by atoms with Crippen LogP contribution in [-0.2, 0) is 0 Å². The van der Waals surface area contributed by atoms with Crippen molar-refractivity contribution in [3.05, 3.63) is 56.5 Å². The molecule has 21 heavy (non-hydrogen) atoms. The van der Waals surface area contributed by atoms with Gasteiger partial charge in [0.15, 0.2) is 0 Å². The van der Waals surface area contributed by atoms with E-state index in [-0.39, 0.29) is 6.04 Å². The van der Waals surface area contributed by atoms with E-state index in [1.54, 1.807) is 6.07 Å². The van der Waals surface area contributed by atoms with Gasteiger partial charge in [-0.1, -0.05) is 51.3 Å². The second-order valence-electron chi connectivity index (χ2n) is 5.06. The van der Waals surface area contributed by atoms with Gasteiger partial charge in [0.25, 0.3) is 0 Å². The lowest BCUT2D eigenvalue weighted by molar-refractivity contribution is 0.883. The summed E-state index contributed by atoms with van der Waals surface area (Å²) in [7, 11) is 4.04. The SMILES string of the molecule is CC(Nc1cc(Br)ccc1N(C)C)c1cccc(Cl)c1Cl. The molecule has 0 aliphatic rings. The third-order valence-electron chi connectivity index (χ3n) is 3.26. The van der Waals surface area contributed by atoms with Crippen molar-refractivity contribution in [2.75, 3.05) is 24.3 Å². The minimum absolute atomic E-state index is 0.0456. The summed E-state index contributed by atoms with van der Waals surface area (Å²) < 4.78 is 1.03. The first-order valence-electron chi connectivity index (χ1n) is 6.57. The highest BCUT2D eigenvalue weighted by Crippen LogP contribution is 2.34. The number of hydrogen-bond donors (Lipinski definition) is 1. The van der Waals surface area contributed by atoms with E-state index in [1.807, 2.05) is 32.3 Å². The second kappa shape index (κ2) is 6.91. The van der Waals surface area contributed by atoms with Crippen molar-refractivity contribution in [1.82, 2.24) is 0 Å². The molecule has 0 aromatic heterocycles. The van der Waals surface area contributed by atoms with E-state index in [9.17, 15) is 0 Å². The zero-order valence-electron chi connectivity index (χ0n) is 12.1. The monoisotopic (exact) mass is 386 g/mol. The van der Waals surface area contributed by atoms with Gasteiger partial charge in [0, 0.05) is 18.6 Å². The van der Waals surface area contributed by atoms with Gasteiger partial charge in [0.1, 0.15) is 0 Å². The molecule has 0 spiro atoms. The largest absolute Gasteiger partial charge is 0.377 e. The first-order chi connectivity index (χ1) is 9.90. The zero-order chi connectivity index (χ0) is 15.6. The minimum Gasteiger partial charge on any atom is -0.377 e. The molecule has 0 saturated carbocycles. The van der Waals surface area contributed by atoms with Gasteiger partial charge in [-0.2, -0.15) is 0 Å². The number of nitrogens with one attached hydrogen (secondary N) is 1. The number of halogens is 3. The quantitative estimate of drug-likeness (QED) is 0.692. The highest BCUT2D eigenvalue weighted by molar-refractivity contribution is 9.10. The van der Waals surface area contributed by atoms with Crippen molar-refractivity contribution in [2.24, 2.45) is 0 Å². The molecule has 0 fully saturated rings. The Balaban J connectivity index is 2.33. The Bertz CT molecular complexity index is 644. The molecule has 0 bridgehead atoms. The molecule has 0 amide bonds. The van der Waals surface area contributed by atoms with Crippen LogP contribution in [0.1, 0.15) is 18.5 Å². The molecule has 2 rings (SSSR count). The summed E-state index contributed by atoms with van der Waals surface area (Å²) in [5.74, 6) is 0. The fourth-order valence-corrected chi connectivity index (χ4v) is 3.01. The molecular formula is C16H17BrCl2N2. The van der Waals surface area contributed by atoms with E-state index in [4.69, 9.17) is 23.2 Å². The Morgan fingerprint density at radius 3 is 2.52 bits per heavy atom. The average molecular weight is 388 g/mol. The lowest BCUT2D eigenvalue weighted by Crippen LogP contribution is -2.14. The van der Waals surface area contributed by atoms with E-state index < -0.39 is 0 Å². The first-order valence-corrected chi connectivity index (χ1v) is 8.12. The van der Waals surface area contributed by atoms with Crippen LogP contribution in [0.15, 0.2) is 40.9 Å². The first kappa shape index (κ1) is 16.5. The number of hydrogen-bond acceptors (Lipinski definition) is 2. The van der Waals surface area contributed by atoms with Crippen LogP contribution in [0, 0.1) is 0 Å². The van der Waals surface area contributed by atoms with E-state index in [2.05, 4.69) is 45.2 Å². The molecule has 112 valence electrons. The van der Waals surface area contributed by atoms with Crippen LogP contribution in [0.2, 0.25) is 10.0 Å². The maximum atomic E-state index is 6.30.